The molecule has 4 aromatic rings. The Morgan fingerprint density at radius 3 is 2.70 bits per heavy atom. The minimum absolute atomic E-state index is 0.107. The number of aromatic amines is 2. The van der Waals surface area contributed by atoms with Crippen molar-refractivity contribution in [2.45, 2.75) is 18.9 Å². The van der Waals surface area contributed by atoms with E-state index in [-0.39, 0.29) is 23.2 Å². The first-order chi connectivity index (χ1) is 14.5. The van der Waals surface area contributed by atoms with Crippen LogP contribution in [0.3, 0.4) is 0 Å². The van der Waals surface area contributed by atoms with Gasteiger partial charge in [0.15, 0.2) is 0 Å². The lowest BCUT2D eigenvalue weighted by atomic mass is 10.0. The van der Waals surface area contributed by atoms with Crippen LogP contribution in [0.2, 0.25) is 5.02 Å². The molecule has 9 heteroatoms. The molecule has 1 fully saturated rings. The van der Waals surface area contributed by atoms with Gasteiger partial charge in [0.05, 0.1) is 5.39 Å². The fourth-order valence-electron chi connectivity index (χ4n) is 4.11. The molecule has 0 bridgehead atoms. The van der Waals surface area contributed by atoms with Crippen molar-refractivity contribution in [2.24, 2.45) is 0 Å². The van der Waals surface area contributed by atoms with Gasteiger partial charge in [-0.05, 0) is 49.2 Å². The fraction of sp³-hybridized carbons (Fsp3) is 0.238. The summed E-state index contributed by atoms with van der Waals surface area (Å²) >= 11 is 6.02. The van der Waals surface area contributed by atoms with Crippen LogP contribution in [0.1, 0.15) is 29.4 Å². The highest BCUT2D eigenvalue weighted by molar-refractivity contribution is 6.31. The molecule has 0 unspecified atom stereocenters. The van der Waals surface area contributed by atoms with Gasteiger partial charge >= 0.3 is 5.69 Å². The molecule has 1 amide bonds. The quantitative estimate of drug-likeness (QED) is 0.517. The van der Waals surface area contributed by atoms with Crippen LogP contribution in [0, 0.1) is 0 Å². The number of likely N-dealkylation sites (tertiary alicyclic amines) is 1. The standard InChI is InChI=1S/C21H18ClN5O3/c22-13-3-4-16-12(10-13)11-17(24-16)20(29)26-8-5-14(6-9-26)27-19(28)15-2-1-7-23-18(15)25-21(27)30/h1-4,7,10-11,14,24H,5-6,8-9H2,(H,23,25,30). The Labute approximate surface area is 175 Å². The van der Waals surface area contributed by atoms with E-state index in [0.717, 1.165) is 10.9 Å². The lowest BCUT2D eigenvalue weighted by Crippen LogP contribution is -2.45. The summed E-state index contributed by atoms with van der Waals surface area (Å²) in [5, 5.41) is 1.87. The molecule has 0 aliphatic carbocycles. The lowest BCUT2D eigenvalue weighted by Gasteiger charge is -2.32. The predicted octanol–water partition coefficient (Wildman–Crippen LogP) is 2.70. The van der Waals surface area contributed by atoms with Crippen LogP contribution in [0.25, 0.3) is 21.9 Å². The van der Waals surface area contributed by atoms with Crippen LogP contribution in [-0.4, -0.2) is 43.4 Å². The third-order valence-corrected chi connectivity index (χ3v) is 5.87. The summed E-state index contributed by atoms with van der Waals surface area (Å²) < 4.78 is 1.26. The van der Waals surface area contributed by atoms with E-state index in [1.165, 1.54) is 10.8 Å². The Morgan fingerprint density at radius 1 is 1.10 bits per heavy atom. The van der Waals surface area contributed by atoms with Crippen LogP contribution in [0.15, 0.2) is 52.2 Å². The minimum Gasteiger partial charge on any atom is -0.351 e. The first kappa shape index (κ1) is 18.6. The van der Waals surface area contributed by atoms with Crippen LogP contribution in [0.5, 0.6) is 0 Å². The van der Waals surface area contributed by atoms with Crippen molar-refractivity contribution in [3.05, 3.63) is 74.1 Å². The third kappa shape index (κ3) is 3.09. The van der Waals surface area contributed by atoms with E-state index in [1.807, 2.05) is 12.1 Å². The summed E-state index contributed by atoms with van der Waals surface area (Å²) in [5.74, 6) is -0.107. The molecule has 1 aliphatic rings. The summed E-state index contributed by atoms with van der Waals surface area (Å²) in [6.45, 7) is 0.910. The van der Waals surface area contributed by atoms with Crippen molar-refractivity contribution in [3.63, 3.8) is 0 Å². The number of nitrogens with one attached hydrogen (secondary N) is 2. The normalized spacial score (nSPS) is 15.2. The number of piperidine rings is 1. The summed E-state index contributed by atoms with van der Waals surface area (Å²) in [6.07, 6.45) is 2.57. The molecule has 152 valence electrons. The number of halogens is 1. The first-order valence-electron chi connectivity index (χ1n) is 9.68. The Balaban J connectivity index is 1.37. The van der Waals surface area contributed by atoms with E-state index in [0.29, 0.717) is 42.0 Å². The molecular formula is C21H18ClN5O3. The molecule has 30 heavy (non-hydrogen) atoms. The number of hydrogen-bond acceptors (Lipinski definition) is 4. The minimum atomic E-state index is -0.469. The van der Waals surface area contributed by atoms with Gasteiger partial charge in [0.1, 0.15) is 11.3 Å². The van der Waals surface area contributed by atoms with Crippen LogP contribution < -0.4 is 11.2 Å². The van der Waals surface area contributed by atoms with E-state index >= 15 is 0 Å². The maximum Gasteiger partial charge on any atom is 0.330 e. The smallest absolute Gasteiger partial charge is 0.330 e. The average molecular weight is 424 g/mol. The lowest BCUT2D eigenvalue weighted by molar-refractivity contribution is 0.0687. The topological polar surface area (TPSA) is 104 Å². The fourth-order valence-corrected chi connectivity index (χ4v) is 4.29. The van der Waals surface area contributed by atoms with Crippen molar-refractivity contribution < 1.29 is 4.79 Å². The second-order valence-corrected chi connectivity index (χ2v) is 7.88. The summed E-state index contributed by atoms with van der Waals surface area (Å²) in [5.41, 5.74) is 0.816. The van der Waals surface area contributed by atoms with Gasteiger partial charge in [0.2, 0.25) is 0 Å². The summed E-state index contributed by atoms with van der Waals surface area (Å²) in [7, 11) is 0. The number of carbonyl (C=O) groups is 1. The van der Waals surface area contributed by atoms with E-state index in [9.17, 15) is 14.4 Å². The van der Waals surface area contributed by atoms with Crippen molar-refractivity contribution in [2.75, 3.05) is 13.1 Å². The molecule has 4 heterocycles. The largest absolute Gasteiger partial charge is 0.351 e. The molecule has 8 nitrogen and oxygen atoms in total. The summed E-state index contributed by atoms with van der Waals surface area (Å²) in [6, 6.07) is 10.3. The Bertz CT molecular complexity index is 1400. The molecule has 0 saturated carbocycles. The monoisotopic (exact) mass is 423 g/mol. The van der Waals surface area contributed by atoms with E-state index in [2.05, 4.69) is 15.0 Å². The molecule has 1 saturated heterocycles. The number of hydrogen-bond donors (Lipinski definition) is 2. The van der Waals surface area contributed by atoms with Crippen molar-refractivity contribution in [1.29, 1.82) is 0 Å². The number of benzene rings is 1. The van der Waals surface area contributed by atoms with Gasteiger partial charge in [-0.3, -0.25) is 19.1 Å². The first-order valence-corrected chi connectivity index (χ1v) is 10.1. The number of fused-ring (bicyclic) bond motifs is 2. The summed E-state index contributed by atoms with van der Waals surface area (Å²) in [4.78, 5) is 49.8. The van der Waals surface area contributed by atoms with Gasteiger partial charge in [-0.25, -0.2) is 9.78 Å². The van der Waals surface area contributed by atoms with Gasteiger partial charge in [-0.2, -0.15) is 0 Å². The number of H-pyrrole nitrogens is 2. The second-order valence-electron chi connectivity index (χ2n) is 7.44. The van der Waals surface area contributed by atoms with Gasteiger partial charge in [0, 0.05) is 41.3 Å². The number of aromatic nitrogens is 4. The van der Waals surface area contributed by atoms with Gasteiger partial charge in [0.25, 0.3) is 11.5 Å². The number of amides is 1. The zero-order valence-electron chi connectivity index (χ0n) is 15.9. The maximum absolute atomic E-state index is 12.9. The third-order valence-electron chi connectivity index (χ3n) is 5.63. The SMILES string of the molecule is O=C(c1cc2cc(Cl)ccc2[nH]1)N1CCC(n2c(=O)[nH]c3ncccc3c2=O)CC1. The van der Waals surface area contributed by atoms with Crippen molar-refractivity contribution in [1.82, 2.24) is 24.4 Å². The molecule has 0 spiro atoms. The molecular weight excluding hydrogens is 406 g/mol. The maximum atomic E-state index is 12.9. The van der Waals surface area contributed by atoms with Crippen LogP contribution >= 0.6 is 11.6 Å². The highest BCUT2D eigenvalue weighted by atomic mass is 35.5. The number of carbonyl (C=O) groups excluding carboxylic acids is 1. The highest BCUT2D eigenvalue weighted by Crippen LogP contribution is 2.24. The number of pyridine rings is 1. The zero-order valence-corrected chi connectivity index (χ0v) is 16.6. The van der Waals surface area contributed by atoms with E-state index in [1.54, 1.807) is 29.2 Å². The number of nitrogens with zero attached hydrogens (tertiary/aromatic N) is 3. The van der Waals surface area contributed by atoms with Crippen molar-refractivity contribution in [3.8, 4) is 0 Å². The molecule has 5 rings (SSSR count). The zero-order chi connectivity index (χ0) is 20.8. The molecule has 0 radical (unpaired) electrons. The van der Waals surface area contributed by atoms with Gasteiger partial charge in [-0.1, -0.05) is 11.6 Å². The Kier molecular flexibility index (Phi) is 4.43. The van der Waals surface area contributed by atoms with Crippen molar-refractivity contribution >= 4 is 39.4 Å². The Morgan fingerprint density at radius 2 is 1.90 bits per heavy atom. The average Bonchev–Trinajstić information content (AvgIpc) is 3.17. The molecule has 3 aromatic heterocycles. The molecule has 1 aromatic carbocycles. The highest BCUT2D eigenvalue weighted by Gasteiger charge is 2.27. The molecule has 0 atom stereocenters. The predicted molar refractivity (Wildman–Crippen MR) is 114 cm³/mol. The van der Waals surface area contributed by atoms with Gasteiger partial charge < -0.3 is 9.88 Å². The van der Waals surface area contributed by atoms with Gasteiger partial charge in [-0.15, -0.1) is 0 Å². The van der Waals surface area contributed by atoms with Crippen LogP contribution in [-0.2, 0) is 0 Å². The van der Waals surface area contributed by atoms with E-state index < -0.39 is 5.69 Å². The molecule has 1 aliphatic heterocycles. The second kappa shape index (κ2) is 7.14. The Hall–Kier alpha value is -3.39. The van der Waals surface area contributed by atoms with Crippen LogP contribution in [0.4, 0.5) is 0 Å². The van der Waals surface area contributed by atoms with E-state index in [4.69, 9.17) is 11.6 Å². The molecule has 2 N–H and O–H groups in total. The number of rotatable bonds is 2.